The van der Waals surface area contributed by atoms with Gasteiger partial charge in [-0.1, -0.05) is 23.7 Å². The fourth-order valence-electron chi connectivity index (χ4n) is 2.23. The lowest BCUT2D eigenvalue weighted by molar-refractivity contribution is -0.135. The largest absolute Gasteiger partial charge is 0.488 e. The standard InChI is InChI=1S/C16H12ClF3N2OS2/c1-8-4-3-5-11(9(8)2)23-7-10-13(15-21-6-12(17)24-15)22-25-14(10)16(18,19)20/h3-6H,7H2,1-2H3. The van der Waals surface area contributed by atoms with Gasteiger partial charge in [0.05, 0.1) is 6.20 Å². The second-order valence-electron chi connectivity index (χ2n) is 5.29. The smallest absolute Gasteiger partial charge is 0.427 e. The molecule has 2 aromatic heterocycles. The van der Waals surface area contributed by atoms with Crippen molar-refractivity contribution in [2.45, 2.75) is 26.6 Å². The van der Waals surface area contributed by atoms with Crippen molar-refractivity contribution < 1.29 is 17.9 Å². The second-order valence-corrected chi connectivity index (χ2v) is 7.73. The summed E-state index contributed by atoms with van der Waals surface area (Å²) in [6.07, 6.45) is -3.11. The molecule has 0 aliphatic rings. The molecular weight excluding hydrogens is 393 g/mol. The molecule has 0 atom stereocenters. The Bertz CT molecular complexity index is 905. The summed E-state index contributed by atoms with van der Waals surface area (Å²) in [5.74, 6) is 0.544. The van der Waals surface area contributed by atoms with Gasteiger partial charge in [-0.25, -0.2) is 4.98 Å². The highest BCUT2D eigenvalue weighted by atomic mass is 35.5. The van der Waals surface area contributed by atoms with E-state index in [1.54, 1.807) is 12.1 Å². The van der Waals surface area contributed by atoms with Crippen molar-refractivity contribution in [1.82, 2.24) is 9.36 Å². The molecule has 0 spiro atoms. The van der Waals surface area contributed by atoms with E-state index >= 15 is 0 Å². The molecule has 1 aromatic carbocycles. The Morgan fingerprint density at radius 3 is 2.64 bits per heavy atom. The maximum Gasteiger partial charge on any atom is 0.427 e. The zero-order valence-corrected chi connectivity index (χ0v) is 15.5. The Kier molecular flexibility index (Phi) is 5.04. The average molecular weight is 405 g/mol. The molecule has 0 saturated carbocycles. The first kappa shape index (κ1) is 18.2. The van der Waals surface area contributed by atoms with Crippen LogP contribution in [0.2, 0.25) is 4.34 Å². The molecule has 0 radical (unpaired) electrons. The van der Waals surface area contributed by atoms with E-state index in [1.807, 2.05) is 19.9 Å². The lowest BCUT2D eigenvalue weighted by Crippen LogP contribution is -2.08. The number of ether oxygens (including phenoxy) is 1. The van der Waals surface area contributed by atoms with Crippen LogP contribution in [0.25, 0.3) is 10.7 Å². The van der Waals surface area contributed by atoms with Gasteiger partial charge in [-0.05, 0) is 42.6 Å². The first-order valence-electron chi connectivity index (χ1n) is 7.14. The fraction of sp³-hybridized carbons (Fsp3) is 0.250. The molecule has 0 N–H and O–H groups in total. The maximum absolute atomic E-state index is 13.3. The van der Waals surface area contributed by atoms with E-state index in [4.69, 9.17) is 16.3 Å². The molecule has 3 rings (SSSR count). The summed E-state index contributed by atoms with van der Waals surface area (Å²) in [4.78, 5) is 3.26. The minimum Gasteiger partial charge on any atom is -0.488 e. The molecule has 0 bridgehead atoms. The third kappa shape index (κ3) is 3.80. The van der Waals surface area contributed by atoms with E-state index in [1.165, 1.54) is 6.20 Å². The van der Waals surface area contributed by atoms with E-state index in [2.05, 4.69) is 9.36 Å². The number of aromatic nitrogens is 2. The SMILES string of the molecule is Cc1cccc(OCc2c(-c3ncc(Cl)s3)nsc2C(F)(F)F)c1C. The van der Waals surface area contributed by atoms with Crippen molar-refractivity contribution in [1.29, 1.82) is 0 Å². The summed E-state index contributed by atoms with van der Waals surface area (Å²) in [6.45, 7) is 3.53. The summed E-state index contributed by atoms with van der Waals surface area (Å²) in [5.41, 5.74) is 2.03. The number of halogens is 4. The number of alkyl halides is 3. The summed E-state index contributed by atoms with van der Waals surface area (Å²) >= 11 is 7.33. The van der Waals surface area contributed by atoms with E-state index in [-0.39, 0.29) is 17.9 Å². The quantitative estimate of drug-likeness (QED) is 0.524. The number of aryl methyl sites for hydroxylation is 1. The van der Waals surface area contributed by atoms with Crippen LogP contribution < -0.4 is 4.74 Å². The van der Waals surface area contributed by atoms with E-state index in [9.17, 15) is 13.2 Å². The first-order chi connectivity index (χ1) is 11.8. The highest BCUT2D eigenvalue weighted by molar-refractivity contribution is 7.19. The minimum absolute atomic E-state index is 0.0237. The molecule has 0 aliphatic carbocycles. The van der Waals surface area contributed by atoms with Crippen molar-refractivity contribution in [3.05, 3.63) is 50.3 Å². The van der Waals surface area contributed by atoms with Gasteiger partial charge in [0.1, 0.15) is 32.3 Å². The zero-order valence-electron chi connectivity index (χ0n) is 13.1. The van der Waals surface area contributed by atoms with Crippen LogP contribution in [0.5, 0.6) is 5.75 Å². The molecule has 2 heterocycles. The number of thiazole rings is 1. The number of hydrogen-bond donors (Lipinski definition) is 0. The average Bonchev–Trinajstić information content (AvgIpc) is 3.14. The number of nitrogens with zero attached hydrogens (tertiary/aromatic N) is 2. The maximum atomic E-state index is 13.3. The molecule has 3 aromatic rings. The Labute approximate surface area is 155 Å². The van der Waals surface area contributed by atoms with Crippen LogP contribution in [0.3, 0.4) is 0 Å². The Hall–Kier alpha value is -1.64. The number of hydrogen-bond acceptors (Lipinski definition) is 5. The third-order valence-corrected chi connectivity index (χ3v) is 5.71. The molecule has 9 heteroatoms. The second kappa shape index (κ2) is 6.93. The van der Waals surface area contributed by atoms with Gasteiger partial charge < -0.3 is 4.74 Å². The zero-order chi connectivity index (χ0) is 18.2. The molecule has 0 saturated heterocycles. The highest BCUT2D eigenvalue weighted by Gasteiger charge is 2.38. The summed E-state index contributed by atoms with van der Waals surface area (Å²) in [7, 11) is 0. The van der Waals surface area contributed by atoms with Gasteiger partial charge in [0.25, 0.3) is 0 Å². The molecule has 132 valence electrons. The van der Waals surface area contributed by atoms with E-state index in [0.29, 0.717) is 26.6 Å². The normalized spacial score (nSPS) is 11.8. The van der Waals surface area contributed by atoms with E-state index < -0.39 is 11.1 Å². The van der Waals surface area contributed by atoms with E-state index in [0.717, 1.165) is 22.5 Å². The third-order valence-electron chi connectivity index (χ3n) is 3.65. The molecule has 25 heavy (non-hydrogen) atoms. The predicted octanol–water partition coefficient (Wildman–Crippen LogP) is 6.13. The number of benzene rings is 1. The molecular formula is C16H12ClF3N2OS2. The van der Waals surface area contributed by atoms with Crippen LogP contribution in [0.1, 0.15) is 21.6 Å². The molecule has 0 aliphatic heterocycles. The molecule has 0 unspecified atom stereocenters. The minimum atomic E-state index is -4.50. The van der Waals surface area contributed by atoms with Gasteiger partial charge in [0.15, 0.2) is 0 Å². The van der Waals surface area contributed by atoms with Crippen molar-refractivity contribution in [3.8, 4) is 16.5 Å². The van der Waals surface area contributed by atoms with Gasteiger partial charge in [-0.15, -0.1) is 11.3 Å². The van der Waals surface area contributed by atoms with Crippen LogP contribution in [0.15, 0.2) is 24.4 Å². The van der Waals surface area contributed by atoms with Crippen molar-refractivity contribution in [2.75, 3.05) is 0 Å². The summed E-state index contributed by atoms with van der Waals surface area (Å²) in [6, 6.07) is 5.45. The number of rotatable bonds is 4. The van der Waals surface area contributed by atoms with Crippen molar-refractivity contribution in [2.24, 2.45) is 0 Å². The fourth-order valence-corrected chi connectivity index (χ4v) is 3.96. The topological polar surface area (TPSA) is 35.0 Å². The van der Waals surface area contributed by atoms with Crippen LogP contribution in [-0.4, -0.2) is 9.36 Å². The molecule has 3 nitrogen and oxygen atoms in total. The van der Waals surface area contributed by atoms with Crippen LogP contribution in [-0.2, 0) is 12.8 Å². The van der Waals surface area contributed by atoms with Crippen LogP contribution in [0.4, 0.5) is 13.2 Å². The lowest BCUT2D eigenvalue weighted by Gasteiger charge is -2.12. The Morgan fingerprint density at radius 2 is 2.00 bits per heavy atom. The Morgan fingerprint density at radius 1 is 1.24 bits per heavy atom. The lowest BCUT2D eigenvalue weighted by atomic mass is 10.1. The van der Waals surface area contributed by atoms with Crippen LogP contribution in [0, 0.1) is 13.8 Å². The van der Waals surface area contributed by atoms with Gasteiger partial charge in [-0.3, -0.25) is 0 Å². The van der Waals surface area contributed by atoms with Crippen molar-refractivity contribution in [3.63, 3.8) is 0 Å². The van der Waals surface area contributed by atoms with Crippen molar-refractivity contribution >= 4 is 34.5 Å². The highest BCUT2D eigenvalue weighted by Crippen LogP contribution is 2.41. The van der Waals surface area contributed by atoms with Gasteiger partial charge in [0.2, 0.25) is 0 Å². The molecule has 0 fully saturated rings. The summed E-state index contributed by atoms with van der Waals surface area (Å²) in [5, 5.41) is 0.344. The summed E-state index contributed by atoms with van der Waals surface area (Å²) < 4.78 is 50.0. The van der Waals surface area contributed by atoms with Gasteiger partial charge in [0, 0.05) is 5.56 Å². The predicted molar refractivity (Wildman–Crippen MR) is 93.5 cm³/mol. The van der Waals surface area contributed by atoms with Crippen LogP contribution >= 0.6 is 34.5 Å². The monoisotopic (exact) mass is 404 g/mol. The van der Waals surface area contributed by atoms with Gasteiger partial charge >= 0.3 is 6.18 Å². The molecule has 0 amide bonds. The van der Waals surface area contributed by atoms with Gasteiger partial charge in [-0.2, -0.15) is 17.5 Å². The first-order valence-corrected chi connectivity index (χ1v) is 9.10. The Balaban J connectivity index is 1.98.